The van der Waals surface area contributed by atoms with Gasteiger partial charge in [-0.3, -0.25) is 0 Å². The van der Waals surface area contributed by atoms with E-state index in [2.05, 4.69) is 32.6 Å². The van der Waals surface area contributed by atoms with Crippen LogP contribution >= 0.6 is 22.6 Å². The predicted octanol–water partition coefficient (Wildman–Crippen LogP) is 2.18. The van der Waals surface area contributed by atoms with Crippen molar-refractivity contribution in [2.24, 2.45) is 0 Å². The molecule has 0 saturated heterocycles. The van der Waals surface area contributed by atoms with Crippen molar-refractivity contribution in [3.05, 3.63) is 22.0 Å². The van der Waals surface area contributed by atoms with Crippen LogP contribution in [0, 0.1) is 3.57 Å². The van der Waals surface area contributed by atoms with Crippen LogP contribution in [-0.2, 0) is 0 Å². The third kappa shape index (κ3) is 1.06. The van der Waals surface area contributed by atoms with Crippen LogP contribution < -0.4 is 4.74 Å². The van der Waals surface area contributed by atoms with Gasteiger partial charge in [-0.15, -0.1) is 0 Å². The van der Waals surface area contributed by atoms with Crippen molar-refractivity contribution in [2.75, 3.05) is 7.11 Å². The second kappa shape index (κ2) is 2.93. The van der Waals surface area contributed by atoms with Crippen LogP contribution in [-0.4, -0.2) is 17.1 Å². The highest BCUT2D eigenvalue weighted by Gasteiger charge is 2.06. The first-order valence-corrected chi connectivity index (χ1v) is 4.56. The molecule has 4 heteroatoms. The Morgan fingerprint density at radius 2 is 2.33 bits per heavy atom. The van der Waals surface area contributed by atoms with E-state index in [-0.39, 0.29) is 0 Å². The van der Waals surface area contributed by atoms with Crippen LogP contribution in [0.25, 0.3) is 11.0 Å². The summed E-state index contributed by atoms with van der Waals surface area (Å²) < 4.78 is 6.30. The van der Waals surface area contributed by atoms with E-state index >= 15 is 0 Å². The average molecular weight is 274 g/mol. The van der Waals surface area contributed by atoms with Gasteiger partial charge in [0.2, 0.25) is 0 Å². The Hall–Kier alpha value is -0.780. The highest BCUT2D eigenvalue weighted by molar-refractivity contribution is 14.1. The molecule has 62 valence electrons. The van der Waals surface area contributed by atoms with Crippen molar-refractivity contribution in [1.29, 1.82) is 0 Å². The molecule has 0 saturated carbocycles. The molecule has 2 rings (SSSR count). The maximum absolute atomic E-state index is 5.23. The molecule has 0 unspecified atom stereocenters. The second-order valence-electron chi connectivity index (χ2n) is 2.38. The molecule has 3 nitrogen and oxygen atoms in total. The topological polar surface area (TPSA) is 37.9 Å². The Labute approximate surface area is 83.3 Å². The van der Waals surface area contributed by atoms with E-state index in [0.29, 0.717) is 0 Å². The number of nitrogens with one attached hydrogen (secondary N) is 1. The van der Waals surface area contributed by atoms with Gasteiger partial charge in [0.05, 0.1) is 22.5 Å². The quantitative estimate of drug-likeness (QED) is 0.809. The molecule has 1 N–H and O–H groups in total. The number of rotatable bonds is 1. The normalized spacial score (nSPS) is 10.5. The first-order valence-electron chi connectivity index (χ1n) is 3.48. The molecule has 12 heavy (non-hydrogen) atoms. The number of hydrogen-bond acceptors (Lipinski definition) is 2. The largest absolute Gasteiger partial charge is 0.493 e. The predicted molar refractivity (Wildman–Crippen MR) is 55.4 cm³/mol. The summed E-state index contributed by atoms with van der Waals surface area (Å²) in [5.74, 6) is 0.842. The van der Waals surface area contributed by atoms with Crippen LogP contribution in [0.4, 0.5) is 0 Å². The SMILES string of the molecule is COc1c(I)ccc2[nH]cnc12. The molecule has 0 bridgehead atoms. The highest BCUT2D eigenvalue weighted by Crippen LogP contribution is 2.27. The summed E-state index contributed by atoms with van der Waals surface area (Å²) in [7, 11) is 1.66. The fourth-order valence-electron chi connectivity index (χ4n) is 1.15. The van der Waals surface area contributed by atoms with Gasteiger partial charge in [0, 0.05) is 0 Å². The van der Waals surface area contributed by atoms with Crippen molar-refractivity contribution >= 4 is 33.6 Å². The van der Waals surface area contributed by atoms with E-state index in [4.69, 9.17) is 4.74 Å². The Bertz CT molecular complexity index is 410. The third-order valence-corrected chi connectivity index (χ3v) is 2.55. The first-order chi connectivity index (χ1) is 5.83. The number of fused-ring (bicyclic) bond motifs is 1. The molecule has 0 aliphatic heterocycles. The third-order valence-electron chi connectivity index (χ3n) is 1.70. The number of aromatic nitrogens is 2. The highest BCUT2D eigenvalue weighted by atomic mass is 127. The fourth-order valence-corrected chi connectivity index (χ4v) is 1.81. The van der Waals surface area contributed by atoms with E-state index in [1.807, 2.05) is 12.1 Å². The second-order valence-corrected chi connectivity index (χ2v) is 3.54. The smallest absolute Gasteiger partial charge is 0.159 e. The lowest BCUT2D eigenvalue weighted by Gasteiger charge is -2.02. The van der Waals surface area contributed by atoms with Gasteiger partial charge in [-0.05, 0) is 34.7 Å². The van der Waals surface area contributed by atoms with Gasteiger partial charge in [-0.25, -0.2) is 4.98 Å². The summed E-state index contributed by atoms with van der Waals surface area (Å²) in [5, 5.41) is 0. The summed E-state index contributed by atoms with van der Waals surface area (Å²) in [6, 6.07) is 3.99. The minimum absolute atomic E-state index is 0.842. The van der Waals surface area contributed by atoms with Crippen molar-refractivity contribution < 1.29 is 4.74 Å². The number of aromatic amines is 1. The Kier molecular flexibility index (Phi) is 1.92. The summed E-state index contributed by atoms with van der Waals surface area (Å²) in [6.07, 6.45) is 1.67. The molecule has 1 aromatic carbocycles. The lowest BCUT2D eigenvalue weighted by molar-refractivity contribution is 0.416. The van der Waals surface area contributed by atoms with Crippen LogP contribution in [0.15, 0.2) is 18.5 Å². The molecule has 0 spiro atoms. The van der Waals surface area contributed by atoms with Gasteiger partial charge in [-0.1, -0.05) is 0 Å². The lowest BCUT2D eigenvalue weighted by atomic mass is 10.3. The summed E-state index contributed by atoms with van der Waals surface area (Å²) >= 11 is 2.23. The van der Waals surface area contributed by atoms with Crippen LogP contribution in [0.5, 0.6) is 5.75 Å². The van der Waals surface area contributed by atoms with Crippen LogP contribution in [0.2, 0.25) is 0 Å². The van der Waals surface area contributed by atoms with E-state index in [0.717, 1.165) is 20.4 Å². The summed E-state index contributed by atoms with van der Waals surface area (Å²) in [6.45, 7) is 0. The van der Waals surface area contributed by atoms with E-state index in [9.17, 15) is 0 Å². The number of imidazole rings is 1. The monoisotopic (exact) mass is 274 g/mol. The van der Waals surface area contributed by atoms with E-state index in [1.165, 1.54) is 0 Å². The molecular formula is C8H7IN2O. The van der Waals surface area contributed by atoms with Crippen molar-refractivity contribution in [3.8, 4) is 5.75 Å². The van der Waals surface area contributed by atoms with Gasteiger partial charge in [-0.2, -0.15) is 0 Å². The number of nitrogens with zero attached hydrogens (tertiary/aromatic N) is 1. The Morgan fingerprint density at radius 3 is 3.08 bits per heavy atom. The number of hydrogen-bond donors (Lipinski definition) is 1. The first kappa shape index (κ1) is 7.85. The zero-order valence-corrected chi connectivity index (χ0v) is 8.62. The van der Waals surface area contributed by atoms with Gasteiger partial charge < -0.3 is 9.72 Å². The van der Waals surface area contributed by atoms with Gasteiger partial charge >= 0.3 is 0 Å². The minimum Gasteiger partial charge on any atom is -0.493 e. The average Bonchev–Trinajstić information content (AvgIpc) is 2.52. The fraction of sp³-hybridized carbons (Fsp3) is 0.125. The summed E-state index contributed by atoms with van der Waals surface area (Å²) in [5.41, 5.74) is 1.90. The zero-order valence-electron chi connectivity index (χ0n) is 6.47. The van der Waals surface area contributed by atoms with Crippen molar-refractivity contribution in [2.45, 2.75) is 0 Å². The van der Waals surface area contributed by atoms with Gasteiger partial charge in [0.25, 0.3) is 0 Å². The van der Waals surface area contributed by atoms with Crippen molar-refractivity contribution in [3.63, 3.8) is 0 Å². The van der Waals surface area contributed by atoms with Crippen LogP contribution in [0.1, 0.15) is 0 Å². The summed E-state index contributed by atoms with van der Waals surface area (Å²) in [4.78, 5) is 7.19. The maximum Gasteiger partial charge on any atom is 0.159 e. The minimum atomic E-state index is 0.842. The lowest BCUT2D eigenvalue weighted by Crippen LogP contribution is -1.87. The maximum atomic E-state index is 5.23. The number of methoxy groups -OCH3 is 1. The molecule has 2 aromatic rings. The molecule has 0 aliphatic carbocycles. The number of ether oxygens (including phenoxy) is 1. The van der Waals surface area contributed by atoms with Gasteiger partial charge in [0.1, 0.15) is 5.52 Å². The molecule has 0 amide bonds. The Morgan fingerprint density at radius 1 is 1.50 bits per heavy atom. The molecule has 1 heterocycles. The number of benzene rings is 1. The van der Waals surface area contributed by atoms with Crippen LogP contribution in [0.3, 0.4) is 0 Å². The molecular weight excluding hydrogens is 267 g/mol. The molecule has 0 aliphatic rings. The molecule has 0 radical (unpaired) electrons. The number of H-pyrrole nitrogens is 1. The Balaban J connectivity index is 2.83. The zero-order chi connectivity index (χ0) is 8.55. The van der Waals surface area contributed by atoms with E-state index in [1.54, 1.807) is 13.4 Å². The molecule has 1 aromatic heterocycles. The standard InChI is InChI=1S/C8H7IN2O/c1-12-8-5(9)2-3-6-7(8)11-4-10-6/h2-4H,1H3,(H,10,11). The molecule has 0 atom stereocenters. The van der Waals surface area contributed by atoms with Gasteiger partial charge in [0.15, 0.2) is 5.75 Å². The number of halogens is 1. The van der Waals surface area contributed by atoms with E-state index < -0.39 is 0 Å². The van der Waals surface area contributed by atoms with Crippen molar-refractivity contribution in [1.82, 2.24) is 9.97 Å². The molecule has 0 fully saturated rings.